The van der Waals surface area contributed by atoms with Gasteiger partial charge in [-0.25, -0.2) is 0 Å². The summed E-state index contributed by atoms with van der Waals surface area (Å²) in [6, 6.07) is 0.392. The first-order chi connectivity index (χ1) is 6.52. The SMILES string of the molecule is CC(C)CCc1n[nH]c(=S)n1C(C)C. The van der Waals surface area contributed by atoms with E-state index in [9.17, 15) is 0 Å². The van der Waals surface area contributed by atoms with Gasteiger partial charge in [-0.2, -0.15) is 5.10 Å². The summed E-state index contributed by atoms with van der Waals surface area (Å²) < 4.78 is 2.83. The van der Waals surface area contributed by atoms with E-state index < -0.39 is 0 Å². The van der Waals surface area contributed by atoms with Crippen molar-refractivity contribution in [2.75, 3.05) is 0 Å². The molecule has 0 aliphatic rings. The second-order valence-corrected chi connectivity index (χ2v) is 4.73. The molecule has 0 aromatic carbocycles. The van der Waals surface area contributed by atoms with Crippen LogP contribution in [0.2, 0.25) is 0 Å². The lowest BCUT2D eigenvalue weighted by atomic mass is 10.1. The highest BCUT2D eigenvalue weighted by molar-refractivity contribution is 7.71. The fourth-order valence-electron chi connectivity index (χ4n) is 1.46. The predicted molar refractivity (Wildman–Crippen MR) is 61.0 cm³/mol. The predicted octanol–water partition coefficient (Wildman–Crippen LogP) is 3.11. The van der Waals surface area contributed by atoms with Crippen molar-refractivity contribution in [2.24, 2.45) is 5.92 Å². The molecule has 0 aliphatic carbocycles. The fourth-order valence-corrected chi connectivity index (χ4v) is 1.83. The van der Waals surface area contributed by atoms with Crippen LogP contribution in [0.1, 0.15) is 46.0 Å². The van der Waals surface area contributed by atoms with Crippen LogP contribution in [0.3, 0.4) is 0 Å². The summed E-state index contributed by atoms with van der Waals surface area (Å²) in [5.74, 6) is 1.79. The van der Waals surface area contributed by atoms with Crippen LogP contribution in [-0.2, 0) is 6.42 Å². The molecule has 0 unspecified atom stereocenters. The van der Waals surface area contributed by atoms with Gasteiger partial charge in [0.05, 0.1) is 0 Å². The monoisotopic (exact) mass is 213 g/mol. The lowest BCUT2D eigenvalue weighted by molar-refractivity contribution is 0.521. The first kappa shape index (κ1) is 11.4. The summed E-state index contributed by atoms with van der Waals surface area (Å²) in [4.78, 5) is 0. The zero-order chi connectivity index (χ0) is 10.7. The van der Waals surface area contributed by atoms with E-state index in [1.54, 1.807) is 0 Å². The van der Waals surface area contributed by atoms with Crippen molar-refractivity contribution in [3.05, 3.63) is 10.6 Å². The second kappa shape index (κ2) is 4.73. The molecule has 0 amide bonds. The van der Waals surface area contributed by atoms with Gasteiger partial charge in [0.1, 0.15) is 5.82 Å². The van der Waals surface area contributed by atoms with Crippen LogP contribution < -0.4 is 0 Å². The highest BCUT2D eigenvalue weighted by atomic mass is 32.1. The number of aryl methyl sites for hydroxylation is 1. The van der Waals surface area contributed by atoms with E-state index in [0.29, 0.717) is 12.0 Å². The Labute approximate surface area is 90.5 Å². The summed E-state index contributed by atoms with van der Waals surface area (Å²) in [6.45, 7) is 8.70. The standard InChI is InChI=1S/C10H19N3S/c1-7(2)5-6-9-11-12-10(14)13(9)8(3)4/h7-8H,5-6H2,1-4H3,(H,12,14). The fraction of sp³-hybridized carbons (Fsp3) is 0.800. The van der Waals surface area contributed by atoms with Crippen LogP contribution in [0, 0.1) is 10.7 Å². The zero-order valence-electron chi connectivity index (χ0n) is 9.37. The molecule has 0 bridgehead atoms. The number of aromatic amines is 1. The molecule has 80 valence electrons. The van der Waals surface area contributed by atoms with Gasteiger partial charge in [-0.15, -0.1) is 0 Å². The minimum atomic E-state index is 0.392. The maximum Gasteiger partial charge on any atom is 0.195 e. The summed E-state index contributed by atoms with van der Waals surface area (Å²) in [5.41, 5.74) is 0. The number of hydrogen-bond donors (Lipinski definition) is 1. The summed E-state index contributed by atoms with van der Waals surface area (Å²) in [7, 11) is 0. The van der Waals surface area contributed by atoms with Gasteiger partial charge in [-0.05, 0) is 38.4 Å². The molecule has 0 fully saturated rings. The number of nitrogens with zero attached hydrogens (tertiary/aromatic N) is 2. The molecule has 0 saturated carbocycles. The molecule has 1 N–H and O–H groups in total. The second-order valence-electron chi connectivity index (χ2n) is 4.34. The van der Waals surface area contributed by atoms with Gasteiger partial charge in [0.2, 0.25) is 0 Å². The van der Waals surface area contributed by atoms with E-state index in [1.165, 1.54) is 0 Å². The molecule has 1 heterocycles. The molecule has 0 saturated heterocycles. The highest BCUT2D eigenvalue weighted by Gasteiger charge is 2.09. The summed E-state index contributed by atoms with van der Waals surface area (Å²) >= 11 is 5.17. The van der Waals surface area contributed by atoms with Crippen molar-refractivity contribution in [1.82, 2.24) is 14.8 Å². The molecule has 3 nitrogen and oxygen atoms in total. The molecule has 4 heteroatoms. The van der Waals surface area contributed by atoms with Crippen LogP contribution in [0.5, 0.6) is 0 Å². The molecular weight excluding hydrogens is 194 g/mol. The Morgan fingerprint density at radius 3 is 2.50 bits per heavy atom. The molecule has 0 aliphatic heterocycles. The van der Waals surface area contributed by atoms with E-state index in [1.807, 2.05) is 0 Å². The van der Waals surface area contributed by atoms with Crippen molar-refractivity contribution in [1.29, 1.82) is 0 Å². The van der Waals surface area contributed by atoms with Crippen LogP contribution in [0.15, 0.2) is 0 Å². The lowest BCUT2D eigenvalue weighted by Crippen LogP contribution is -2.07. The number of hydrogen-bond acceptors (Lipinski definition) is 2. The Hall–Kier alpha value is -0.640. The average Bonchev–Trinajstić information content (AvgIpc) is 2.43. The number of rotatable bonds is 4. The van der Waals surface area contributed by atoms with Gasteiger partial charge < -0.3 is 4.57 Å². The van der Waals surface area contributed by atoms with Crippen LogP contribution in [-0.4, -0.2) is 14.8 Å². The molecule has 14 heavy (non-hydrogen) atoms. The molecular formula is C10H19N3S. The number of aromatic nitrogens is 3. The van der Waals surface area contributed by atoms with Crippen LogP contribution in [0.4, 0.5) is 0 Å². The molecule has 1 aromatic rings. The van der Waals surface area contributed by atoms with Gasteiger partial charge in [0, 0.05) is 12.5 Å². The van der Waals surface area contributed by atoms with Crippen molar-refractivity contribution < 1.29 is 0 Å². The lowest BCUT2D eigenvalue weighted by Gasteiger charge is -2.10. The largest absolute Gasteiger partial charge is 0.302 e. The smallest absolute Gasteiger partial charge is 0.195 e. The van der Waals surface area contributed by atoms with Crippen molar-refractivity contribution in [3.8, 4) is 0 Å². The van der Waals surface area contributed by atoms with Crippen LogP contribution >= 0.6 is 12.2 Å². The third-order valence-corrected chi connectivity index (χ3v) is 2.53. The zero-order valence-corrected chi connectivity index (χ0v) is 10.2. The average molecular weight is 213 g/mol. The van der Waals surface area contributed by atoms with E-state index in [2.05, 4.69) is 42.5 Å². The number of H-pyrrole nitrogens is 1. The van der Waals surface area contributed by atoms with Gasteiger partial charge in [-0.1, -0.05) is 13.8 Å². The van der Waals surface area contributed by atoms with Crippen LogP contribution in [0.25, 0.3) is 0 Å². The first-order valence-corrected chi connectivity index (χ1v) is 5.59. The van der Waals surface area contributed by atoms with Crippen molar-refractivity contribution in [3.63, 3.8) is 0 Å². The Morgan fingerprint density at radius 2 is 2.00 bits per heavy atom. The van der Waals surface area contributed by atoms with E-state index in [0.717, 1.165) is 23.4 Å². The van der Waals surface area contributed by atoms with Gasteiger partial charge in [0.25, 0.3) is 0 Å². The third-order valence-electron chi connectivity index (χ3n) is 2.24. The minimum absolute atomic E-state index is 0.392. The highest BCUT2D eigenvalue weighted by Crippen LogP contribution is 2.12. The first-order valence-electron chi connectivity index (χ1n) is 5.18. The molecule has 0 spiro atoms. The Morgan fingerprint density at radius 1 is 1.36 bits per heavy atom. The summed E-state index contributed by atoms with van der Waals surface area (Å²) in [6.07, 6.45) is 2.16. The van der Waals surface area contributed by atoms with E-state index >= 15 is 0 Å². The van der Waals surface area contributed by atoms with Gasteiger partial charge >= 0.3 is 0 Å². The van der Waals surface area contributed by atoms with Crippen molar-refractivity contribution in [2.45, 2.75) is 46.6 Å². The number of nitrogens with one attached hydrogen (secondary N) is 1. The van der Waals surface area contributed by atoms with Gasteiger partial charge in [-0.3, -0.25) is 5.10 Å². The molecule has 0 atom stereocenters. The normalized spacial score (nSPS) is 11.6. The Balaban J connectivity index is 2.81. The quantitative estimate of drug-likeness (QED) is 0.780. The molecule has 1 aromatic heterocycles. The molecule has 1 rings (SSSR count). The molecule has 0 radical (unpaired) electrons. The Bertz CT molecular complexity index is 335. The van der Waals surface area contributed by atoms with Gasteiger partial charge in [0.15, 0.2) is 4.77 Å². The van der Waals surface area contributed by atoms with Crippen molar-refractivity contribution >= 4 is 12.2 Å². The summed E-state index contributed by atoms with van der Waals surface area (Å²) in [5, 5.41) is 7.11. The maximum atomic E-state index is 5.17. The topological polar surface area (TPSA) is 33.6 Å². The minimum Gasteiger partial charge on any atom is -0.302 e. The maximum absolute atomic E-state index is 5.17. The van der Waals surface area contributed by atoms with E-state index in [4.69, 9.17) is 12.2 Å². The third kappa shape index (κ3) is 2.67. The Kier molecular flexibility index (Phi) is 3.86. The van der Waals surface area contributed by atoms with E-state index in [-0.39, 0.29) is 0 Å².